The van der Waals surface area contributed by atoms with Gasteiger partial charge in [0.1, 0.15) is 6.10 Å². The first-order valence-electron chi connectivity index (χ1n) is 14.5. The fourth-order valence-corrected chi connectivity index (χ4v) is 10.6. The maximum absolute atomic E-state index is 11.3. The summed E-state index contributed by atoms with van der Waals surface area (Å²) in [5.41, 5.74) is -0.108. The summed E-state index contributed by atoms with van der Waals surface area (Å²) in [5.74, 6) is 2.13. The lowest BCUT2D eigenvalue weighted by molar-refractivity contribution is -0.171. The second kappa shape index (κ2) is 11.2. The van der Waals surface area contributed by atoms with Crippen molar-refractivity contribution in [3.8, 4) is 0 Å². The average molecular weight is 579 g/mol. The second-order valence-electron chi connectivity index (χ2n) is 13.6. The van der Waals surface area contributed by atoms with Crippen molar-refractivity contribution in [3.63, 3.8) is 0 Å². The van der Waals surface area contributed by atoms with Crippen molar-refractivity contribution < 1.29 is 39.4 Å². The van der Waals surface area contributed by atoms with Gasteiger partial charge in [-0.15, -0.1) is 0 Å². The standard InChI is InChI=1S/C27H48O9S2/c1-17(2)6-5-7-18(16-35-37(29,30)31)20-10-11-21-19-8-9-23-25(28)24(36-38(32,33)34)13-15-27(23,4)22(19)12-14-26(20,21)3/h17-25,28H,5-16H2,1-4H3,(H,29,30,31)(H,32,33,34)/p-2/t18-,19-,20+,21-,22-,23-,24+,25+,26+,27+/m0/s1. The Morgan fingerprint density at radius 2 is 1.47 bits per heavy atom. The lowest BCUT2D eigenvalue weighted by Crippen LogP contribution is -2.59. The fraction of sp³-hybridized carbons (Fsp3) is 1.00. The van der Waals surface area contributed by atoms with E-state index in [0.29, 0.717) is 36.0 Å². The van der Waals surface area contributed by atoms with Gasteiger partial charge in [-0.3, -0.25) is 8.37 Å². The molecule has 0 aromatic heterocycles. The van der Waals surface area contributed by atoms with E-state index in [1.807, 2.05) is 0 Å². The van der Waals surface area contributed by atoms with E-state index < -0.39 is 33.0 Å². The second-order valence-corrected chi connectivity index (χ2v) is 15.7. The molecule has 38 heavy (non-hydrogen) atoms. The van der Waals surface area contributed by atoms with Crippen LogP contribution in [0.15, 0.2) is 0 Å². The van der Waals surface area contributed by atoms with E-state index in [-0.39, 0.29) is 29.3 Å². The molecule has 0 unspecified atom stereocenters. The van der Waals surface area contributed by atoms with Crippen LogP contribution in [-0.2, 0) is 29.2 Å². The molecule has 0 aromatic rings. The lowest BCUT2D eigenvalue weighted by atomic mass is 9.44. The molecule has 1 N–H and O–H groups in total. The zero-order chi connectivity index (χ0) is 28.1. The van der Waals surface area contributed by atoms with Gasteiger partial charge in [0.2, 0.25) is 20.8 Å². The summed E-state index contributed by atoms with van der Waals surface area (Å²) in [5, 5.41) is 11.1. The third-order valence-electron chi connectivity index (χ3n) is 11.4. The van der Waals surface area contributed by atoms with Gasteiger partial charge in [0.05, 0.1) is 12.7 Å². The first-order valence-corrected chi connectivity index (χ1v) is 17.1. The Balaban J connectivity index is 1.51. The van der Waals surface area contributed by atoms with Crippen molar-refractivity contribution in [2.75, 3.05) is 6.61 Å². The van der Waals surface area contributed by atoms with Crippen LogP contribution in [0.3, 0.4) is 0 Å². The summed E-state index contributed by atoms with van der Waals surface area (Å²) in [6.07, 6.45) is 7.78. The third kappa shape index (κ3) is 6.29. The van der Waals surface area contributed by atoms with Crippen molar-refractivity contribution in [2.24, 2.45) is 52.3 Å². The molecule has 0 saturated heterocycles. The van der Waals surface area contributed by atoms with Crippen molar-refractivity contribution in [3.05, 3.63) is 0 Å². The molecule has 4 aliphatic rings. The van der Waals surface area contributed by atoms with Gasteiger partial charge >= 0.3 is 0 Å². The number of aliphatic hydroxyl groups is 1. The van der Waals surface area contributed by atoms with Crippen LogP contribution in [-0.4, -0.2) is 49.9 Å². The number of rotatable bonds is 10. The number of fused-ring (bicyclic) bond motifs is 5. The molecule has 0 amide bonds. The topological polar surface area (TPSA) is 153 Å². The van der Waals surface area contributed by atoms with E-state index in [2.05, 4.69) is 27.7 Å². The maximum atomic E-state index is 11.3. The molecule has 4 rings (SSSR count). The molecular weight excluding hydrogens is 532 g/mol. The summed E-state index contributed by atoms with van der Waals surface area (Å²) >= 11 is 0. The molecule has 0 spiro atoms. The number of hydrogen-bond acceptors (Lipinski definition) is 9. The first-order chi connectivity index (χ1) is 17.6. The number of hydrogen-bond donors (Lipinski definition) is 1. The van der Waals surface area contributed by atoms with E-state index in [0.717, 1.165) is 64.2 Å². The Kier molecular flexibility index (Phi) is 9.01. The minimum atomic E-state index is -4.88. The lowest BCUT2D eigenvalue weighted by Gasteiger charge is -2.62. The molecule has 0 aromatic carbocycles. The highest BCUT2D eigenvalue weighted by molar-refractivity contribution is 7.81. The van der Waals surface area contributed by atoms with Crippen LogP contribution in [0.1, 0.15) is 98.3 Å². The SMILES string of the molecule is CC(C)CCC[C@@H](COS(=O)(=O)[O-])[C@H]1CC[C@H]2[C@@H]3CC[C@H]4[C@@H](O)[C@H](OS(=O)(=O)[O-])CC[C@]4(C)[C@H]3CC[C@]12C. The number of aliphatic hydroxyl groups excluding tert-OH is 1. The van der Waals surface area contributed by atoms with Gasteiger partial charge in [0.25, 0.3) is 0 Å². The Labute approximate surface area is 229 Å². The van der Waals surface area contributed by atoms with Gasteiger partial charge in [-0.25, -0.2) is 16.8 Å². The zero-order valence-corrected chi connectivity index (χ0v) is 24.8. The average Bonchev–Trinajstić information content (AvgIpc) is 3.14. The molecule has 10 atom stereocenters. The zero-order valence-electron chi connectivity index (χ0n) is 23.2. The van der Waals surface area contributed by atoms with Gasteiger partial charge in [-0.2, -0.15) is 0 Å². The van der Waals surface area contributed by atoms with Gasteiger partial charge < -0.3 is 14.2 Å². The van der Waals surface area contributed by atoms with Crippen LogP contribution in [0.2, 0.25) is 0 Å². The predicted molar refractivity (Wildman–Crippen MR) is 139 cm³/mol. The molecule has 0 radical (unpaired) electrons. The molecule has 0 bridgehead atoms. The Bertz CT molecular complexity index is 1040. The smallest absolute Gasteiger partial charge is 0.217 e. The normalized spacial score (nSPS) is 42.4. The van der Waals surface area contributed by atoms with Gasteiger partial charge in [-0.05, 0) is 110 Å². The van der Waals surface area contributed by atoms with E-state index in [1.165, 1.54) is 0 Å². The Hall–Kier alpha value is -0.300. The van der Waals surface area contributed by atoms with Crippen molar-refractivity contribution in [1.82, 2.24) is 0 Å². The largest absolute Gasteiger partial charge is 0.726 e. The van der Waals surface area contributed by atoms with E-state index in [1.54, 1.807) is 0 Å². The monoisotopic (exact) mass is 578 g/mol. The quantitative estimate of drug-likeness (QED) is 0.294. The summed E-state index contributed by atoms with van der Waals surface area (Å²) in [6.45, 7) is 8.90. The highest BCUT2D eigenvalue weighted by Crippen LogP contribution is 2.68. The Morgan fingerprint density at radius 1 is 0.842 bits per heavy atom. The molecule has 0 heterocycles. The molecular formula is C27H46O9S2-2. The summed E-state index contributed by atoms with van der Waals surface area (Å²) in [7, 11) is -9.62. The van der Waals surface area contributed by atoms with Crippen LogP contribution in [0, 0.1) is 52.3 Å². The molecule has 4 aliphatic carbocycles. The van der Waals surface area contributed by atoms with Crippen molar-refractivity contribution in [1.29, 1.82) is 0 Å². The van der Waals surface area contributed by atoms with Crippen LogP contribution in [0.25, 0.3) is 0 Å². The molecule has 222 valence electrons. The first kappa shape index (κ1) is 30.7. The fourth-order valence-electron chi connectivity index (χ4n) is 9.73. The molecule has 4 saturated carbocycles. The molecule has 4 fully saturated rings. The summed E-state index contributed by atoms with van der Waals surface area (Å²) in [4.78, 5) is 0. The Morgan fingerprint density at radius 3 is 2.11 bits per heavy atom. The van der Waals surface area contributed by atoms with Crippen molar-refractivity contribution in [2.45, 2.75) is 111 Å². The van der Waals surface area contributed by atoms with E-state index in [4.69, 9.17) is 8.37 Å². The third-order valence-corrected chi connectivity index (χ3v) is 12.3. The van der Waals surface area contributed by atoms with Crippen molar-refractivity contribution >= 4 is 20.8 Å². The molecule has 0 aliphatic heterocycles. The predicted octanol–water partition coefficient (Wildman–Crippen LogP) is 4.38. The van der Waals surface area contributed by atoms with Gasteiger partial charge in [0, 0.05) is 0 Å². The van der Waals surface area contributed by atoms with Gasteiger partial charge in [0.15, 0.2) is 0 Å². The van der Waals surface area contributed by atoms with Crippen LogP contribution < -0.4 is 0 Å². The highest BCUT2D eigenvalue weighted by atomic mass is 32.3. The van der Waals surface area contributed by atoms with Gasteiger partial charge in [-0.1, -0.05) is 40.5 Å². The summed E-state index contributed by atoms with van der Waals surface area (Å²) < 4.78 is 77.2. The maximum Gasteiger partial charge on any atom is 0.217 e. The van der Waals surface area contributed by atoms with Crippen LogP contribution in [0.4, 0.5) is 0 Å². The minimum absolute atomic E-state index is 0.0272. The van der Waals surface area contributed by atoms with Crippen LogP contribution in [0.5, 0.6) is 0 Å². The molecule has 9 nitrogen and oxygen atoms in total. The van der Waals surface area contributed by atoms with E-state index >= 15 is 0 Å². The molecule has 11 heteroatoms. The van der Waals surface area contributed by atoms with E-state index in [9.17, 15) is 31.0 Å². The minimum Gasteiger partial charge on any atom is -0.726 e. The van der Waals surface area contributed by atoms with Crippen LogP contribution >= 0.6 is 0 Å². The highest BCUT2D eigenvalue weighted by Gasteiger charge is 2.62. The summed E-state index contributed by atoms with van der Waals surface area (Å²) in [6, 6.07) is 0.